The lowest BCUT2D eigenvalue weighted by Gasteiger charge is -2.28. The molecular weight excluding hydrogens is 701 g/mol. The van der Waals surface area contributed by atoms with Crippen LogP contribution in [-0.2, 0) is 32.7 Å². The van der Waals surface area contributed by atoms with Crippen molar-refractivity contribution in [3.05, 3.63) is 60.8 Å². The highest BCUT2D eigenvalue weighted by Gasteiger charge is 2.21. The highest BCUT2D eigenvalue weighted by molar-refractivity contribution is 7.45. The topological polar surface area (TPSA) is 111 Å². The molecule has 0 saturated carbocycles. The van der Waals surface area contributed by atoms with Crippen LogP contribution in [0.2, 0.25) is 0 Å². The predicted molar refractivity (Wildman–Crippen MR) is 222 cm³/mol. The Kier molecular flexibility index (Phi) is 34.8. The van der Waals surface area contributed by atoms with Gasteiger partial charge in [-0.15, -0.1) is 0 Å². The number of likely N-dealkylation sites (N-methyl/N-ethyl adjacent to an activating group) is 1. The number of nitrogens with zero attached hydrogens (tertiary/aromatic N) is 1. The number of allylic oxidation sites excluding steroid dienone is 10. The van der Waals surface area contributed by atoms with Gasteiger partial charge in [0.1, 0.15) is 19.8 Å². The van der Waals surface area contributed by atoms with Crippen LogP contribution in [0.25, 0.3) is 0 Å². The highest BCUT2D eigenvalue weighted by Crippen LogP contribution is 2.38. The molecule has 1 unspecified atom stereocenters. The van der Waals surface area contributed by atoms with Crippen LogP contribution >= 0.6 is 7.82 Å². The third kappa shape index (κ3) is 39.4. The number of hydrogen-bond donors (Lipinski definition) is 0. The van der Waals surface area contributed by atoms with Crippen molar-refractivity contribution in [3.8, 4) is 0 Å². The summed E-state index contributed by atoms with van der Waals surface area (Å²) in [6.07, 6.45) is 42.6. The van der Waals surface area contributed by atoms with E-state index in [0.29, 0.717) is 23.9 Å². The Labute approximate surface area is 330 Å². The number of unbranched alkanes of at least 4 members (excludes halogenated alkanes) is 16. The molecule has 0 aliphatic rings. The minimum absolute atomic E-state index is 0.0431. The molecule has 0 aromatic heterocycles. The molecule has 2 atom stereocenters. The monoisotopic (exact) mass is 780 g/mol. The van der Waals surface area contributed by atoms with E-state index >= 15 is 0 Å². The second-order valence-electron chi connectivity index (χ2n) is 15.1. The summed E-state index contributed by atoms with van der Waals surface area (Å²) in [6.45, 7) is 4.00. The lowest BCUT2D eigenvalue weighted by Crippen LogP contribution is -2.37. The molecule has 0 aliphatic heterocycles. The van der Waals surface area contributed by atoms with Crippen LogP contribution < -0.4 is 4.89 Å². The van der Waals surface area contributed by atoms with Crippen molar-refractivity contribution < 1.29 is 42.1 Å². The Balaban J connectivity index is 4.48. The highest BCUT2D eigenvalue weighted by atomic mass is 31.2. The van der Waals surface area contributed by atoms with E-state index in [1.54, 1.807) is 0 Å². The maximum absolute atomic E-state index is 12.6. The molecule has 0 aromatic carbocycles. The first-order valence-electron chi connectivity index (χ1n) is 21.0. The Bertz CT molecular complexity index is 1110. The van der Waals surface area contributed by atoms with E-state index in [1.807, 2.05) is 57.6 Å². The summed E-state index contributed by atoms with van der Waals surface area (Å²) in [5.41, 5.74) is 0. The van der Waals surface area contributed by atoms with E-state index < -0.39 is 32.5 Å². The number of rotatable bonds is 37. The molecule has 0 N–H and O–H groups in total. The van der Waals surface area contributed by atoms with Gasteiger partial charge in [-0.3, -0.25) is 14.2 Å². The fourth-order valence-corrected chi connectivity index (χ4v) is 6.06. The third-order valence-corrected chi connectivity index (χ3v) is 9.59. The summed E-state index contributed by atoms with van der Waals surface area (Å²) in [6, 6.07) is 0. The van der Waals surface area contributed by atoms with Gasteiger partial charge >= 0.3 is 11.9 Å². The van der Waals surface area contributed by atoms with Crippen LogP contribution in [0.15, 0.2) is 60.8 Å². The zero-order chi connectivity index (χ0) is 40.0. The predicted octanol–water partition coefficient (Wildman–Crippen LogP) is 11.1. The van der Waals surface area contributed by atoms with Gasteiger partial charge in [0.15, 0.2) is 6.10 Å². The molecule has 0 spiro atoms. The second kappa shape index (κ2) is 36.4. The zero-order valence-corrected chi connectivity index (χ0v) is 35.8. The lowest BCUT2D eigenvalue weighted by atomic mass is 10.1. The van der Waals surface area contributed by atoms with E-state index in [9.17, 15) is 19.0 Å². The van der Waals surface area contributed by atoms with Gasteiger partial charge in [-0.2, -0.15) is 0 Å². The Morgan fingerprint density at radius 2 is 1.11 bits per heavy atom. The number of phosphoric ester groups is 1. The maximum Gasteiger partial charge on any atom is 0.306 e. The number of carbonyl (C=O) groups is 2. The van der Waals surface area contributed by atoms with Gasteiger partial charge in [0, 0.05) is 12.8 Å². The number of hydrogen-bond acceptors (Lipinski definition) is 8. The van der Waals surface area contributed by atoms with E-state index in [1.165, 1.54) is 64.2 Å². The first kappa shape index (κ1) is 51.7. The molecule has 312 valence electrons. The van der Waals surface area contributed by atoms with Crippen LogP contribution in [0.3, 0.4) is 0 Å². The summed E-state index contributed by atoms with van der Waals surface area (Å²) in [5, 5.41) is 0. The van der Waals surface area contributed by atoms with E-state index in [0.717, 1.165) is 51.4 Å². The van der Waals surface area contributed by atoms with Gasteiger partial charge in [-0.05, 0) is 44.9 Å². The molecule has 0 saturated heterocycles. The molecule has 0 aromatic rings. The molecule has 0 fully saturated rings. The van der Waals surface area contributed by atoms with E-state index in [4.69, 9.17) is 18.5 Å². The molecule has 0 rings (SSSR count). The quantitative estimate of drug-likeness (QED) is 0.0153. The van der Waals surface area contributed by atoms with Crippen molar-refractivity contribution in [2.45, 2.75) is 161 Å². The molecular formula is C44H78NO8P. The molecule has 0 amide bonds. The minimum Gasteiger partial charge on any atom is -0.756 e. The lowest BCUT2D eigenvalue weighted by molar-refractivity contribution is -0.870. The van der Waals surface area contributed by atoms with E-state index in [-0.39, 0.29) is 26.1 Å². The van der Waals surface area contributed by atoms with Crippen molar-refractivity contribution in [2.75, 3.05) is 47.5 Å². The van der Waals surface area contributed by atoms with E-state index in [2.05, 4.69) is 38.2 Å². The molecule has 0 heterocycles. The van der Waals surface area contributed by atoms with Gasteiger partial charge in [0.05, 0.1) is 27.7 Å². The van der Waals surface area contributed by atoms with Crippen LogP contribution in [0, 0.1) is 0 Å². The molecule has 9 nitrogen and oxygen atoms in total. The number of esters is 2. The second-order valence-corrected chi connectivity index (χ2v) is 16.5. The number of quaternary nitrogens is 1. The summed E-state index contributed by atoms with van der Waals surface area (Å²) in [5.74, 6) is -0.923. The summed E-state index contributed by atoms with van der Waals surface area (Å²) in [4.78, 5) is 37.4. The molecule has 54 heavy (non-hydrogen) atoms. The first-order chi connectivity index (χ1) is 26.0. The molecule has 0 aliphatic carbocycles. The average Bonchev–Trinajstić information content (AvgIpc) is 3.12. The maximum atomic E-state index is 12.6. The molecule has 10 heteroatoms. The van der Waals surface area contributed by atoms with Gasteiger partial charge in [-0.1, -0.05) is 158 Å². The molecule has 0 radical (unpaired) electrons. The Morgan fingerprint density at radius 1 is 0.593 bits per heavy atom. The Morgan fingerprint density at radius 3 is 1.70 bits per heavy atom. The standard InChI is InChI=1S/C44H78NO8P/c1-6-8-10-12-14-16-18-20-22-24-26-28-30-32-34-36-43(46)50-40-42(41-52-54(48,49)51-39-38-45(3,4)5)53-44(47)37-35-33-31-29-27-25-23-21-19-17-15-13-11-9-7-2/h8,10,12,14,16,18,20,22,31,33,42H,6-7,9,11,13,15,17,19,21,23-30,32,34-41H2,1-5H3/b10-8+,14-12+,18-16+,22-20+,33-31+/t42-/m1/s1. The largest absolute Gasteiger partial charge is 0.756 e. The Hall–Kier alpha value is -2.29. The minimum atomic E-state index is -4.64. The van der Waals surface area contributed by atoms with Crippen LogP contribution in [0.4, 0.5) is 0 Å². The SMILES string of the molecule is CC/C=C/C=C/C=C/C=C/CCCCCCCC(=O)OC[C@H](COP(=O)([O-])OCC[N+](C)(C)C)OC(=O)CC/C=C/CCCCCCCCCCCCC. The number of phosphoric acid groups is 1. The third-order valence-electron chi connectivity index (χ3n) is 8.63. The number of ether oxygens (including phenoxy) is 2. The fraction of sp³-hybridized carbons (Fsp3) is 0.727. The van der Waals surface area contributed by atoms with Gasteiger partial charge in [0.25, 0.3) is 7.82 Å². The average molecular weight is 780 g/mol. The van der Waals surface area contributed by atoms with Crippen LogP contribution in [-0.4, -0.2) is 70.0 Å². The smallest absolute Gasteiger partial charge is 0.306 e. The zero-order valence-electron chi connectivity index (χ0n) is 34.9. The van der Waals surface area contributed by atoms with Crippen molar-refractivity contribution in [3.63, 3.8) is 0 Å². The van der Waals surface area contributed by atoms with Gasteiger partial charge in [0.2, 0.25) is 0 Å². The van der Waals surface area contributed by atoms with Crippen molar-refractivity contribution in [1.29, 1.82) is 0 Å². The first-order valence-corrected chi connectivity index (χ1v) is 22.5. The summed E-state index contributed by atoms with van der Waals surface area (Å²) >= 11 is 0. The number of carbonyl (C=O) groups excluding carboxylic acids is 2. The van der Waals surface area contributed by atoms with Gasteiger partial charge in [-0.25, -0.2) is 0 Å². The normalized spacial score (nSPS) is 14.3. The van der Waals surface area contributed by atoms with Crippen molar-refractivity contribution in [2.24, 2.45) is 0 Å². The molecule has 0 bridgehead atoms. The van der Waals surface area contributed by atoms with Crippen LogP contribution in [0.1, 0.15) is 155 Å². The summed E-state index contributed by atoms with van der Waals surface area (Å²) < 4.78 is 33.8. The van der Waals surface area contributed by atoms with Crippen molar-refractivity contribution >= 4 is 19.8 Å². The fourth-order valence-electron chi connectivity index (χ4n) is 5.33. The summed E-state index contributed by atoms with van der Waals surface area (Å²) in [7, 11) is 1.12. The van der Waals surface area contributed by atoms with Crippen LogP contribution in [0.5, 0.6) is 0 Å². The van der Waals surface area contributed by atoms with Crippen molar-refractivity contribution in [1.82, 2.24) is 0 Å². The van der Waals surface area contributed by atoms with Gasteiger partial charge < -0.3 is 27.9 Å².